The van der Waals surface area contributed by atoms with Gasteiger partial charge in [0.15, 0.2) is 5.96 Å². The van der Waals surface area contributed by atoms with E-state index in [0.717, 1.165) is 49.6 Å². The number of ether oxygens (including phenoxy) is 1. The first-order valence-corrected chi connectivity index (χ1v) is 8.47. The number of aryl methyl sites for hydroxylation is 1. The first kappa shape index (κ1) is 21.0. The van der Waals surface area contributed by atoms with Crippen LogP contribution in [-0.4, -0.2) is 37.4 Å². The van der Waals surface area contributed by atoms with E-state index in [0.29, 0.717) is 12.5 Å². The molecular weight excluding hydrogens is 417 g/mol. The van der Waals surface area contributed by atoms with Crippen molar-refractivity contribution in [3.05, 3.63) is 29.3 Å². The van der Waals surface area contributed by atoms with Gasteiger partial charge in [0.25, 0.3) is 0 Å². The fourth-order valence-corrected chi connectivity index (χ4v) is 2.97. The highest BCUT2D eigenvalue weighted by molar-refractivity contribution is 14.0. The third-order valence-corrected chi connectivity index (χ3v) is 4.34. The van der Waals surface area contributed by atoms with Crippen LogP contribution >= 0.6 is 24.0 Å². The van der Waals surface area contributed by atoms with Crippen molar-refractivity contribution in [3.8, 4) is 5.75 Å². The van der Waals surface area contributed by atoms with E-state index in [2.05, 4.69) is 27.8 Å². The minimum atomic E-state index is -0.178. The lowest BCUT2D eigenvalue weighted by Crippen LogP contribution is -2.41. The van der Waals surface area contributed by atoms with Gasteiger partial charge in [0, 0.05) is 24.6 Å². The van der Waals surface area contributed by atoms with E-state index in [-0.39, 0.29) is 30.1 Å². The first-order valence-electron chi connectivity index (χ1n) is 8.47. The van der Waals surface area contributed by atoms with Crippen LogP contribution in [0.4, 0.5) is 0 Å². The van der Waals surface area contributed by atoms with Crippen LogP contribution in [0.3, 0.4) is 0 Å². The standard InChI is InChI=1S/C18H29N3O2.HI/c1-4-19-18(20-11-14-6-5-7-16(14)22)21-12-15-9-8-13(2)10-17(15)23-3;/h8-10,14,16,22H,4-7,11-12H2,1-3H3,(H2,19,20,21);1H. The first-order chi connectivity index (χ1) is 11.1. The van der Waals surface area contributed by atoms with E-state index >= 15 is 0 Å². The second kappa shape index (κ2) is 10.8. The molecule has 2 atom stereocenters. The van der Waals surface area contributed by atoms with Crippen molar-refractivity contribution in [2.24, 2.45) is 10.9 Å². The molecule has 0 bridgehead atoms. The fourth-order valence-electron chi connectivity index (χ4n) is 2.97. The summed E-state index contributed by atoms with van der Waals surface area (Å²) in [6, 6.07) is 6.16. The maximum Gasteiger partial charge on any atom is 0.191 e. The molecule has 0 amide bonds. The van der Waals surface area contributed by atoms with Gasteiger partial charge in [-0.15, -0.1) is 24.0 Å². The molecular formula is C18H30IN3O2. The van der Waals surface area contributed by atoms with Gasteiger partial charge in [0.1, 0.15) is 5.75 Å². The highest BCUT2D eigenvalue weighted by Gasteiger charge is 2.24. The summed E-state index contributed by atoms with van der Waals surface area (Å²) in [7, 11) is 1.69. The van der Waals surface area contributed by atoms with Gasteiger partial charge in [-0.1, -0.05) is 18.6 Å². The van der Waals surface area contributed by atoms with Crippen LogP contribution in [0.25, 0.3) is 0 Å². The van der Waals surface area contributed by atoms with E-state index in [9.17, 15) is 5.11 Å². The smallest absolute Gasteiger partial charge is 0.191 e. The summed E-state index contributed by atoms with van der Waals surface area (Å²) in [4.78, 5) is 4.64. The van der Waals surface area contributed by atoms with Gasteiger partial charge in [-0.05, 0) is 38.3 Å². The quantitative estimate of drug-likeness (QED) is 0.357. The lowest BCUT2D eigenvalue weighted by molar-refractivity contribution is 0.134. The van der Waals surface area contributed by atoms with E-state index in [1.54, 1.807) is 7.11 Å². The summed E-state index contributed by atoms with van der Waals surface area (Å²) < 4.78 is 5.43. The summed E-state index contributed by atoms with van der Waals surface area (Å²) in [6.45, 7) is 6.23. The highest BCUT2D eigenvalue weighted by Crippen LogP contribution is 2.24. The summed E-state index contributed by atoms with van der Waals surface area (Å²) in [5, 5.41) is 16.5. The third kappa shape index (κ3) is 6.12. The number of nitrogens with zero attached hydrogens (tertiary/aromatic N) is 1. The Hall–Kier alpha value is -1.02. The largest absolute Gasteiger partial charge is 0.496 e. The normalized spacial score (nSPS) is 20.4. The lowest BCUT2D eigenvalue weighted by atomic mass is 10.1. The van der Waals surface area contributed by atoms with Gasteiger partial charge in [-0.3, -0.25) is 0 Å². The van der Waals surface area contributed by atoms with Crippen LogP contribution in [0, 0.1) is 12.8 Å². The van der Waals surface area contributed by atoms with Crippen molar-refractivity contribution < 1.29 is 9.84 Å². The molecule has 24 heavy (non-hydrogen) atoms. The molecule has 1 aromatic rings. The van der Waals surface area contributed by atoms with E-state index in [1.807, 2.05) is 19.9 Å². The van der Waals surface area contributed by atoms with Crippen LogP contribution in [0.15, 0.2) is 23.2 Å². The Morgan fingerprint density at radius 3 is 2.75 bits per heavy atom. The predicted octanol–water partition coefficient (Wildman–Crippen LogP) is 2.84. The molecule has 1 aromatic carbocycles. The Labute approximate surface area is 162 Å². The number of nitrogens with one attached hydrogen (secondary N) is 2. The third-order valence-electron chi connectivity index (χ3n) is 4.34. The van der Waals surface area contributed by atoms with Crippen LogP contribution < -0.4 is 15.4 Å². The van der Waals surface area contributed by atoms with Crippen molar-refractivity contribution in [3.63, 3.8) is 0 Å². The number of aliphatic hydroxyl groups excluding tert-OH is 1. The summed E-state index contributed by atoms with van der Waals surface area (Å²) >= 11 is 0. The molecule has 1 fully saturated rings. The summed E-state index contributed by atoms with van der Waals surface area (Å²) in [5.74, 6) is 1.98. The fraction of sp³-hybridized carbons (Fsp3) is 0.611. The molecule has 0 heterocycles. The van der Waals surface area contributed by atoms with E-state index in [1.165, 1.54) is 5.56 Å². The van der Waals surface area contributed by atoms with Crippen LogP contribution in [0.2, 0.25) is 0 Å². The number of hydrogen-bond acceptors (Lipinski definition) is 3. The van der Waals surface area contributed by atoms with Gasteiger partial charge in [-0.2, -0.15) is 0 Å². The average molecular weight is 447 g/mol. The number of benzene rings is 1. The molecule has 0 spiro atoms. The molecule has 3 N–H and O–H groups in total. The number of hydrogen-bond donors (Lipinski definition) is 3. The number of aliphatic hydroxyl groups is 1. The van der Waals surface area contributed by atoms with Crippen molar-refractivity contribution in [2.45, 2.75) is 45.8 Å². The second-order valence-electron chi connectivity index (χ2n) is 6.15. The maximum atomic E-state index is 9.92. The molecule has 1 aliphatic rings. The van der Waals surface area contributed by atoms with Gasteiger partial charge < -0.3 is 20.5 Å². The van der Waals surface area contributed by atoms with Gasteiger partial charge in [-0.25, -0.2) is 4.99 Å². The lowest BCUT2D eigenvalue weighted by Gasteiger charge is -2.18. The number of guanidine groups is 1. The molecule has 5 nitrogen and oxygen atoms in total. The topological polar surface area (TPSA) is 65.9 Å². The van der Waals surface area contributed by atoms with Crippen LogP contribution in [0.1, 0.15) is 37.3 Å². The maximum absolute atomic E-state index is 9.92. The van der Waals surface area contributed by atoms with Gasteiger partial charge in [0.2, 0.25) is 0 Å². The Bertz CT molecular complexity index is 537. The zero-order valence-electron chi connectivity index (χ0n) is 14.8. The van der Waals surface area contributed by atoms with Crippen molar-refractivity contribution in [1.82, 2.24) is 10.6 Å². The minimum absolute atomic E-state index is 0. The van der Waals surface area contributed by atoms with Crippen LogP contribution in [0.5, 0.6) is 5.75 Å². The SMILES string of the molecule is CCNC(=NCc1ccc(C)cc1OC)NCC1CCCC1O.I. The van der Waals surface area contributed by atoms with E-state index in [4.69, 9.17) is 4.74 Å². The second-order valence-corrected chi connectivity index (χ2v) is 6.15. The summed E-state index contributed by atoms with van der Waals surface area (Å²) in [6.07, 6.45) is 2.93. The minimum Gasteiger partial charge on any atom is -0.496 e. The Balaban J connectivity index is 0.00000288. The van der Waals surface area contributed by atoms with Crippen LogP contribution in [-0.2, 0) is 6.54 Å². The molecule has 1 aliphatic carbocycles. The van der Waals surface area contributed by atoms with E-state index < -0.39 is 0 Å². The Morgan fingerprint density at radius 2 is 2.12 bits per heavy atom. The number of methoxy groups -OCH3 is 1. The van der Waals surface area contributed by atoms with Crippen molar-refractivity contribution in [2.75, 3.05) is 20.2 Å². The molecule has 0 aliphatic heterocycles. The van der Waals surface area contributed by atoms with Crippen molar-refractivity contribution >= 4 is 29.9 Å². The molecule has 1 saturated carbocycles. The predicted molar refractivity (Wildman–Crippen MR) is 109 cm³/mol. The van der Waals surface area contributed by atoms with Crippen molar-refractivity contribution in [1.29, 1.82) is 0 Å². The molecule has 0 saturated heterocycles. The molecule has 0 radical (unpaired) electrons. The zero-order chi connectivity index (χ0) is 16.7. The van der Waals surface area contributed by atoms with Gasteiger partial charge in [0.05, 0.1) is 19.8 Å². The highest BCUT2D eigenvalue weighted by atomic mass is 127. The molecule has 6 heteroatoms. The molecule has 136 valence electrons. The average Bonchev–Trinajstić information content (AvgIpc) is 2.96. The number of halogens is 1. The summed E-state index contributed by atoms with van der Waals surface area (Å²) in [5.41, 5.74) is 2.24. The molecule has 2 unspecified atom stereocenters. The number of rotatable bonds is 6. The molecule has 2 rings (SSSR count). The number of aliphatic imine (C=N–C) groups is 1. The zero-order valence-corrected chi connectivity index (χ0v) is 17.2. The van der Waals surface area contributed by atoms with Gasteiger partial charge >= 0.3 is 0 Å². The Kier molecular flexibility index (Phi) is 9.43. The Morgan fingerprint density at radius 1 is 1.33 bits per heavy atom. The monoisotopic (exact) mass is 447 g/mol. The molecule has 0 aromatic heterocycles.